The van der Waals surface area contributed by atoms with Gasteiger partial charge in [-0.3, -0.25) is 9.59 Å². The van der Waals surface area contributed by atoms with Crippen molar-refractivity contribution in [3.05, 3.63) is 131 Å². The Balaban J connectivity index is 1.25. The highest BCUT2D eigenvalue weighted by Gasteiger charge is 2.28. The highest BCUT2D eigenvalue weighted by Crippen LogP contribution is 2.36. The number of benzene rings is 3. The van der Waals surface area contributed by atoms with E-state index in [0.29, 0.717) is 11.6 Å². The van der Waals surface area contributed by atoms with Gasteiger partial charge in [0, 0.05) is 22.2 Å². The Hall–Kier alpha value is -4.98. The van der Waals surface area contributed by atoms with Gasteiger partial charge in [-0.05, 0) is 59.4 Å². The minimum absolute atomic E-state index is 0.110. The van der Waals surface area contributed by atoms with Crippen molar-refractivity contribution in [1.82, 2.24) is 9.13 Å². The molecule has 0 saturated carbocycles. The van der Waals surface area contributed by atoms with Gasteiger partial charge in [0.2, 0.25) is 0 Å². The molecule has 0 fully saturated rings. The average molecular weight is 675 g/mol. The van der Waals surface area contributed by atoms with Crippen LogP contribution >= 0.6 is 0 Å². The van der Waals surface area contributed by atoms with Crippen LogP contribution in [0.3, 0.4) is 0 Å². The number of aryl methyl sites for hydroxylation is 4. The zero-order chi connectivity index (χ0) is 36.1. The molecule has 3 aromatic carbocycles. The van der Waals surface area contributed by atoms with Gasteiger partial charge in [0.1, 0.15) is 24.8 Å². The normalized spacial score (nSPS) is 11.8. The Kier molecular flexibility index (Phi) is 11.1. The Morgan fingerprint density at radius 3 is 1.16 bits per heavy atom. The van der Waals surface area contributed by atoms with Gasteiger partial charge in [-0.15, -0.1) is 0 Å². The molecule has 0 atom stereocenters. The maximum Gasteiger partial charge on any atom is 0.348 e. The monoisotopic (exact) mass is 674 g/mol. The van der Waals surface area contributed by atoms with Gasteiger partial charge in [0.15, 0.2) is 0 Å². The largest absolute Gasteiger partial charge is 0.348 e. The molecule has 0 unspecified atom stereocenters. The van der Waals surface area contributed by atoms with Crippen molar-refractivity contribution in [2.75, 3.05) is 10.6 Å². The van der Waals surface area contributed by atoms with Crippen LogP contribution in [-0.4, -0.2) is 20.9 Å². The van der Waals surface area contributed by atoms with Crippen LogP contribution in [0.5, 0.6) is 0 Å². The number of nitrogens with zero attached hydrogens (tertiary/aromatic N) is 4. The summed E-state index contributed by atoms with van der Waals surface area (Å²) in [6, 6.07) is 25.3. The van der Waals surface area contributed by atoms with Gasteiger partial charge in [-0.25, -0.2) is 18.3 Å². The zero-order valence-electron chi connectivity index (χ0n) is 31.1. The molecule has 50 heavy (non-hydrogen) atoms. The molecule has 0 aliphatic rings. The molecule has 5 rings (SSSR count). The molecule has 0 bridgehead atoms. The number of carbonyl (C=O) groups is 2. The van der Waals surface area contributed by atoms with Gasteiger partial charge >= 0.3 is 23.5 Å². The third kappa shape index (κ3) is 7.75. The van der Waals surface area contributed by atoms with Crippen LogP contribution in [0.25, 0.3) is 0 Å². The predicted octanol–water partition coefficient (Wildman–Crippen LogP) is 7.70. The summed E-state index contributed by atoms with van der Waals surface area (Å²) < 4.78 is 7.78. The van der Waals surface area contributed by atoms with Crippen molar-refractivity contribution in [2.24, 2.45) is 14.1 Å². The molecule has 2 amide bonds. The summed E-state index contributed by atoms with van der Waals surface area (Å²) in [5, 5.41) is 6.17. The lowest BCUT2D eigenvalue weighted by Crippen LogP contribution is -2.37. The molecule has 2 heterocycles. The van der Waals surface area contributed by atoms with E-state index in [9.17, 15) is 9.59 Å². The number of nitrogens with one attached hydrogen (secondary N) is 2. The second-order valence-electron chi connectivity index (χ2n) is 14.4. The molecule has 0 radical (unpaired) electrons. The van der Waals surface area contributed by atoms with E-state index in [-0.39, 0.29) is 22.6 Å². The summed E-state index contributed by atoms with van der Waals surface area (Å²) in [5.74, 6) is 1.07. The van der Waals surface area contributed by atoms with Crippen molar-refractivity contribution in [1.29, 1.82) is 0 Å². The first-order chi connectivity index (χ1) is 23.9. The molecule has 8 heteroatoms. The number of hydrogen-bond donors (Lipinski definition) is 2. The Labute approximate surface area is 297 Å². The van der Waals surface area contributed by atoms with Crippen LogP contribution in [0.15, 0.2) is 97.6 Å². The molecule has 0 aliphatic heterocycles. The quantitative estimate of drug-likeness (QED) is 0.119. The fourth-order valence-corrected chi connectivity index (χ4v) is 6.60. The standard InChI is InChI=1S/C42H52N6O2/c1-9-11-25-47-29-27-45(7)39(47)37(49)43-35-21-17-33(18-22-35)41(3,4)31-13-15-32(16-14-31)42(5,6)34-19-23-36(24-20-34)44-38(50)40-46(8)28-30-48(40)26-12-10-2/h13-24,27-30H,9-12,25-26H2,1-8H3/p+2. The number of carbonyl (C=O) groups excluding carboxylic acids is 2. The van der Waals surface area contributed by atoms with Crippen LogP contribution < -0.4 is 19.8 Å². The van der Waals surface area contributed by atoms with E-state index < -0.39 is 0 Å². The smallest absolute Gasteiger partial charge is 0.315 e. The lowest BCUT2D eigenvalue weighted by molar-refractivity contribution is -0.673. The van der Waals surface area contributed by atoms with Crippen LogP contribution in [-0.2, 0) is 38.0 Å². The summed E-state index contributed by atoms with van der Waals surface area (Å²) in [6.07, 6.45) is 12.0. The molecule has 262 valence electrons. The van der Waals surface area contributed by atoms with Gasteiger partial charge in [-0.2, -0.15) is 0 Å². The molecule has 0 spiro atoms. The first kappa shape index (κ1) is 36.3. The van der Waals surface area contributed by atoms with Crippen LogP contribution in [0, 0.1) is 0 Å². The summed E-state index contributed by atoms with van der Waals surface area (Å²) in [5.41, 5.74) is 5.84. The second-order valence-corrected chi connectivity index (χ2v) is 14.4. The lowest BCUT2D eigenvalue weighted by atomic mass is 9.74. The van der Waals surface area contributed by atoms with E-state index in [4.69, 9.17) is 0 Å². The van der Waals surface area contributed by atoms with E-state index in [1.54, 1.807) is 0 Å². The van der Waals surface area contributed by atoms with E-state index in [1.807, 2.05) is 81.4 Å². The number of hydrogen-bond acceptors (Lipinski definition) is 2. The van der Waals surface area contributed by atoms with Gasteiger partial charge in [-0.1, -0.05) is 103 Å². The van der Waals surface area contributed by atoms with Crippen LogP contribution in [0.4, 0.5) is 11.4 Å². The summed E-state index contributed by atoms with van der Waals surface area (Å²) in [6.45, 7) is 14.9. The molecule has 8 nitrogen and oxygen atoms in total. The molecule has 5 aromatic rings. The number of imidazole rings is 2. The zero-order valence-corrected chi connectivity index (χ0v) is 31.1. The Morgan fingerprint density at radius 2 is 0.860 bits per heavy atom. The molecular formula is C42H54N6O2+2. The van der Waals surface area contributed by atoms with Crippen molar-refractivity contribution in [2.45, 2.75) is 91.1 Å². The molecule has 2 N–H and O–H groups in total. The van der Waals surface area contributed by atoms with Crippen LogP contribution in [0.1, 0.15) is 111 Å². The number of aromatic nitrogens is 4. The SMILES string of the molecule is CCCCn1cc[n+](C)c1C(=O)Nc1ccc(C(C)(C)c2ccc(C(C)(C)c3ccc(NC(=O)c4n(CCCC)cc[n+]4C)cc3)cc2)cc1. The van der Waals surface area contributed by atoms with Crippen LogP contribution in [0.2, 0.25) is 0 Å². The average Bonchev–Trinajstić information content (AvgIpc) is 3.67. The number of amides is 2. The van der Waals surface area contributed by atoms with Crippen molar-refractivity contribution >= 4 is 23.2 Å². The first-order valence-electron chi connectivity index (χ1n) is 17.9. The van der Waals surface area contributed by atoms with E-state index in [1.165, 1.54) is 22.3 Å². The van der Waals surface area contributed by atoms with E-state index in [2.05, 4.69) is 101 Å². The number of unbranched alkanes of at least 4 members (excludes halogenated alkanes) is 2. The molecule has 2 aromatic heterocycles. The summed E-state index contributed by atoms with van der Waals surface area (Å²) in [4.78, 5) is 26.4. The summed E-state index contributed by atoms with van der Waals surface area (Å²) >= 11 is 0. The summed E-state index contributed by atoms with van der Waals surface area (Å²) in [7, 11) is 3.81. The number of anilines is 2. The molecule has 0 aliphatic carbocycles. The third-order valence-corrected chi connectivity index (χ3v) is 10.1. The maximum atomic E-state index is 13.2. The second kappa shape index (κ2) is 15.3. The maximum absolute atomic E-state index is 13.2. The minimum atomic E-state index is -0.237. The highest BCUT2D eigenvalue weighted by molar-refractivity contribution is 6.01. The first-order valence-corrected chi connectivity index (χ1v) is 17.9. The Bertz CT molecular complexity index is 1770. The minimum Gasteiger partial charge on any atom is -0.315 e. The predicted molar refractivity (Wildman–Crippen MR) is 201 cm³/mol. The van der Waals surface area contributed by atoms with Gasteiger partial charge < -0.3 is 10.6 Å². The molecule has 0 saturated heterocycles. The fourth-order valence-electron chi connectivity index (χ4n) is 6.60. The molecular weight excluding hydrogens is 621 g/mol. The van der Waals surface area contributed by atoms with Crippen molar-refractivity contribution < 1.29 is 18.7 Å². The van der Waals surface area contributed by atoms with Crippen molar-refractivity contribution in [3.8, 4) is 0 Å². The Morgan fingerprint density at radius 1 is 0.560 bits per heavy atom. The highest BCUT2D eigenvalue weighted by atomic mass is 16.2. The van der Waals surface area contributed by atoms with Gasteiger partial charge in [0.05, 0.1) is 27.2 Å². The van der Waals surface area contributed by atoms with Crippen molar-refractivity contribution in [3.63, 3.8) is 0 Å². The third-order valence-electron chi connectivity index (χ3n) is 10.1. The topological polar surface area (TPSA) is 75.8 Å². The fraction of sp³-hybridized carbons (Fsp3) is 0.381. The lowest BCUT2D eigenvalue weighted by Gasteiger charge is -2.29. The van der Waals surface area contributed by atoms with Gasteiger partial charge in [0.25, 0.3) is 0 Å². The van der Waals surface area contributed by atoms with E-state index >= 15 is 0 Å². The van der Waals surface area contributed by atoms with E-state index in [0.717, 1.165) is 50.1 Å². The number of rotatable bonds is 14.